The molecule has 0 saturated carbocycles. The normalized spacial score (nSPS) is 20.7. The largest absolute Gasteiger partial charge is 0.508 e. The van der Waals surface area contributed by atoms with E-state index in [0.717, 1.165) is 16.7 Å². The fourth-order valence-electron chi connectivity index (χ4n) is 3.55. The van der Waals surface area contributed by atoms with Gasteiger partial charge in [-0.1, -0.05) is 67.1 Å². The molecule has 3 rings (SSSR count). The number of aliphatic hydroxyl groups excluding tert-OH is 1. The molecule has 2 atom stereocenters. The average Bonchev–Trinajstić information content (AvgIpc) is 2.57. The molecule has 0 saturated heterocycles. The Morgan fingerprint density at radius 1 is 1.00 bits per heavy atom. The van der Waals surface area contributed by atoms with E-state index in [9.17, 15) is 9.90 Å². The zero-order valence-electron chi connectivity index (χ0n) is 14.3. The lowest BCUT2D eigenvalue weighted by Crippen LogP contribution is -2.23. The average molecular weight is 318 g/mol. The maximum absolute atomic E-state index is 12.2. The van der Waals surface area contributed by atoms with Crippen molar-refractivity contribution in [3.8, 4) is 0 Å². The number of aliphatic hydroxyl groups is 1. The molecule has 0 radical (unpaired) electrons. The van der Waals surface area contributed by atoms with Crippen molar-refractivity contribution in [2.24, 2.45) is 5.92 Å². The highest BCUT2D eigenvalue weighted by molar-refractivity contribution is 5.97. The molecule has 24 heavy (non-hydrogen) atoms. The first-order chi connectivity index (χ1) is 11.5. The molecule has 0 spiro atoms. The highest BCUT2D eigenvalue weighted by atomic mass is 16.3. The van der Waals surface area contributed by atoms with Crippen LogP contribution in [-0.2, 0) is 4.79 Å². The lowest BCUT2D eigenvalue weighted by atomic mass is 9.71. The molecule has 0 heterocycles. The van der Waals surface area contributed by atoms with Gasteiger partial charge in [-0.15, -0.1) is 0 Å². The molecule has 1 aliphatic carbocycles. The fraction of sp³-hybridized carbons (Fsp3) is 0.227. The Kier molecular flexibility index (Phi) is 4.39. The number of hydrogen-bond acceptors (Lipinski definition) is 2. The van der Waals surface area contributed by atoms with Crippen molar-refractivity contribution in [2.45, 2.75) is 26.7 Å². The number of allylic oxidation sites excluding steroid dienone is 3. The molecule has 2 heteroatoms. The van der Waals surface area contributed by atoms with Crippen LogP contribution in [0, 0.1) is 12.8 Å². The highest BCUT2D eigenvalue weighted by Gasteiger charge is 2.34. The number of rotatable bonds is 3. The van der Waals surface area contributed by atoms with Crippen LogP contribution in [0.2, 0.25) is 0 Å². The summed E-state index contributed by atoms with van der Waals surface area (Å²) in [6.45, 7) is 5.70. The van der Waals surface area contributed by atoms with Crippen LogP contribution in [0.1, 0.15) is 36.5 Å². The number of hydrogen-bond donors (Lipinski definition) is 1. The fourth-order valence-corrected chi connectivity index (χ4v) is 3.55. The van der Waals surface area contributed by atoms with E-state index in [1.165, 1.54) is 12.5 Å². The summed E-state index contributed by atoms with van der Waals surface area (Å²) >= 11 is 0. The smallest absolute Gasteiger partial charge is 0.160 e. The zero-order chi connectivity index (χ0) is 17.3. The summed E-state index contributed by atoms with van der Waals surface area (Å²) in [6.07, 6.45) is 1.75. The van der Waals surface area contributed by atoms with Gasteiger partial charge < -0.3 is 5.11 Å². The molecule has 2 aromatic carbocycles. The van der Waals surface area contributed by atoms with Crippen LogP contribution >= 0.6 is 0 Å². The molecular formula is C22H22O2. The summed E-state index contributed by atoms with van der Waals surface area (Å²) in [4.78, 5) is 12.2. The molecule has 2 nitrogen and oxygen atoms in total. The van der Waals surface area contributed by atoms with E-state index in [-0.39, 0.29) is 23.4 Å². The zero-order valence-corrected chi connectivity index (χ0v) is 14.3. The molecule has 0 aliphatic heterocycles. The Hall–Kier alpha value is -2.61. The number of aryl methyl sites for hydroxylation is 1. The molecule has 1 N–H and O–H groups in total. The first kappa shape index (κ1) is 16.3. The molecule has 1 aliphatic rings. The van der Waals surface area contributed by atoms with Crippen molar-refractivity contribution in [2.75, 3.05) is 0 Å². The van der Waals surface area contributed by atoms with E-state index < -0.39 is 0 Å². The number of ketones is 1. The molecule has 0 bridgehead atoms. The summed E-state index contributed by atoms with van der Waals surface area (Å²) < 4.78 is 0. The molecule has 0 fully saturated rings. The quantitative estimate of drug-likeness (QED) is 0.843. The van der Waals surface area contributed by atoms with Crippen LogP contribution in [0.3, 0.4) is 0 Å². The maximum Gasteiger partial charge on any atom is 0.160 e. The van der Waals surface area contributed by atoms with Gasteiger partial charge in [-0.25, -0.2) is 0 Å². The van der Waals surface area contributed by atoms with Gasteiger partial charge in [0, 0.05) is 11.5 Å². The van der Waals surface area contributed by atoms with Gasteiger partial charge in [0.2, 0.25) is 0 Å². The first-order valence-corrected chi connectivity index (χ1v) is 8.26. The first-order valence-electron chi connectivity index (χ1n) is 8.26. The van der Waals surface area contributed by atoms with Crippen LogP contribution in [0.15, 0.2) is 72.0 Å². The second kappa shape index (κ2) is 6.48. The van der Waals surface area contributed by atoms with Crippen LogP contribution in [-0.4, -0.2) is 10.9 Å². The monoisotopic (exact) mass is 318 g/mol. The Morgan fingerprint density at radius 2 is 1.62 bits per heavy atom. The van der Waals surface area contributed by atoms with Crippen molar-refractivity contribution in [3.05, 3.63) is 88.7 Å². The third-order valence-corrected chi connectivity index (χ3v) is 4.79. The lowest BCUT2D eigenvalue weighted by molar-refractivity contribution is -0.114. The minimum Gasteiger partial charge on any atom is -0.508 e. The molecule has 122 valence electrons. The van der Waals surface area contributed by atoms with Gasteiger partial charge in [0.05, 0.1) is 0 Å². The van der Waals surface area contributed by atoms with E-state index in [2.05, 4.69) is 31.2 Å². The Bertz CT molecular complexity index is 811. The molecule has 0 aromatic heterocycles. The van der Waals surface area contributed by atoms with Gasteiger partial charge in [0.15, 0.2) is 5.78 Å². The summed E-state index contributed by atoms with van der Waals surface area (Å²) in [7, 11) is 0. The van der Waals surface area contributed by atoms with E-state index in [0.29, 0.717) is 5.57 Å². The van der Waals surface area contributed by atoms with Crippen molar-refractivity contribution in [3.63, 3.8) is 0 Å². The maximum atomic E-state index is 12.2. The lowest BCUT2D eigenvalue weighted by Gasteiger charge is -2.32. The summed E-state index contributed by atoms with van der Waals surface area (Å²) in [5.74, 6) is -0.0217. The van der Waals surface area contributed by atoms with Crippen molar-refractivity contribution in [1.82, 2.24) is 0 Å². The van der Waals surface area contributed by atoms with Gasteiger partial charge in [-0.05, 0) is 42.5 Å². The Balaban J connectivity index is 2.15. The summed E-state index contributed by atoms with van der Waals surface area (Å²) in [5.41, 5.74) is 4.89. The Labute approximate surface area is 143 Å². The third kappa shape index (κ3) is 2.92. The second-order valence-electron chi connectivity index (χ2n) is 6.50. The van der Waals surface area contributed by atoms with E-state index in [1.54, 1.807) is 6.08 Å². The molecule has 2 unspecified atom stereocenters. The van der Waals surface area contributed by atoms with Crippen molar-refractivity contribution < 1.29 is 9.90 Å². The van der Waals surface area contributed by atoms with Crippen LogP contribution < -0.4 is 0 Å². The predicted molar refractivity (Wildman–Crippen MR) is 97.8 cm³/mol. The van der Waals surface area contributed by atoms with Gasteiger partial charge in [0.1, 0.15) is 5.76 Å². The standard InChI is InChI=1S/C22H22O2/c1-14-9-11-18(12-10-14)21-15(2)19(17-7-5-4-6-8-17)13-20(24)22(21)16(3)23/h4-13,15,21,24H,1-3H3. The SMILES string of the molecule is CC(=O)C1=C(O)C=C(c2ccccc2)C(C)C1c1ccc(C)cc1. The van der Waals surface area contributed by atoms with E-state index in [4.69, 9.17) is 0 Å². The molecule has 2 aromatic rings. The van der Waals surface area contributed by atoms with E-state index >= 15 is 0 Å². The van der Waals surface area contributed by atoms with Crippen LogP contribution in [0.5, 0.6) is 0 Å². The number of benzene rings is 2. The van der Waals surface area contributed by atoms with Gasteiger partial charge >= 0.3 is 0 Å². The number of Topliss-reactive ketones (excluding diaryl/α,β-unsaturated/α-hetero) is 1. The highest BCUT2D eigenvalue weighted by Crippen LogP contribution is 2.44. The second-order valence-corrected chi connectivity index (χ2v) is 6.50. The number of carbonyl (C=O) groups excluding carboxylic acids is 1. The van der Waals surface area contributed by atoms with E-state index in [1.807, 2.05) is 37.3 Å². The predicted octanol–water partition coefficient (Wildman–Crippen LogP) is 5.21. The van der Waals surface area contributed by atoms with Gasteiger partial charge in [0.25, 0.3) is 0 Å². The van der Waals surface area contributed by atoms with Gasteiger partial charge in [-0.3, -0.25) is 4.79 Å². The molecular weight excluding hydrogens is 296 g/mol. The minimum absolute atomic E-state index is 0.0757. The van der Waals surface area contributed by atoms with Crippen LogP contribution in [0.25, 0.3) is 5.57 Å². The summed E-state index contributed by atoms with van der Waals surface area (Å²) in [6, 6.07) is 18.3. The van der Waals surface area contributed by atoms with Gasteiger partial charge in [-0.2, -0.15) is 0 Å². The van der Waals surface area contributed by atoms with Crippen LogP contribution in [0.4, 0.5) is 0 Å². The minimum atomic E-state index is -0.136. The topological polar surface area (TPSA) is 37.3 Å². The van der Waals surface area contributed by atoms with Crippen molar-refractivity contribution >= 4 is 11.4 Å². The van der Waals surface area contributed by atoms with Crippen molar-refractivity contribution in [1.29, 1.82) is 0 Å². The molecule has 0 amide bonds. The summed E-state index contributed by atoms with van der Waals surface area (Å²) in [5, 5.41) is 10.6. The third-order valence-electron chi connectivity index (χ3n) is 4.79. The number of carbonyl (C=O) groups is 1. The Morgan fingerprint density at radius 3 is 2.21 bits per heavy atom.